The summed E-state index contributed by atoms with van der Waals surface area (Å²) >= 11 is 3.10. The fraction of sp³-hybridized carbons (Fsp3) is 0.750. The van der Waals surface area contributed by atoms with Crippen LogP contribution in [-0.4, -0.2) is 17.9 Å². The van der Waals surface area contributed by atoms with Gasteiger partial charge >= 0.3 is 5.97 Å². The maximum atomic E-state index is 9.96. The molecule has 0 aliphatic rings. The number of alkyl halides is 1. The summed E-state index contributed by atoms with van der Waals surface area (Å²) in [4.78, 5) is 9.96. The van der Waals surface area contributed by atoms with Crippen molar-refractivity contribution in [2.75, 3.05) is 11.9 Å². The molecule has 0 aliphatic carbocycles. The zero-order valence-corrected chi connectivity index (χ0v) is 9.37. The number of ether oxygens (including phenoxy) is 1. The zero-order chi connectivity index (χ0) is 5.70. The predicted molar refractivity (Wildman–Crippen MR) is 30.4 cm³/mol. The Morgan fingerprint density at radius 1 is 1.75 bits per heavy atom. The van der Waals surface area contributed by atoms with Gasteiger partial charge in [0.1, 0.15) is 6.61 Å². The summed E-state index contributed by atoms with van der Waals surface area (Å²) in [6.07, 6.45) is 0. The van der Waals surface area contributed by atoms with Crippen LogP contribution in [0.2, 0.25) is 0 Å². The van der Waals surface area contributed by atoms with E-state index in [4.69, 9.17) is 0 Å². The second kappa shape index (κ2) is 7.57. The molecule has 0 aromatic carbocycles. The molecule has 0 N–H and O–H groups in total. The van der Waals surface area contributed by atoms with E-state index in [0.717, 1.165) is 0 Å². The van der Waals surface area contributed by atoms with Gasteiger partial charge in [-0.05, 0) is 0 Å². The van der Waals surface area contributed by atoms with Crippen molar-refractivity contribution in [3.8, 4) is 0 Å². The molecule has 0 aromatic heterocycles. The summed E-state index contributed by atoms with van der Waals surface area (Å²) in [6.45, 7) is 1.86. The van der Waals surface area contributed by atoms with E-state index in [0.29, 0.717) is 11.9 Å². The van der Waals surface area contributed by atoms with Crippen molar-refractivity contribution in [3.05, 3.63) is 0 Å². The van der Waals surface area contributed by atoms with Crippen LogP contribution < -0.4 is 0 Å². The molecule has 0 heterocycles. The molecule has 0 bridgehead atoms. The molecule has 0 atom stereocenters. The second-order valence-corrected chi connectivity index (χ2v) is 1.82. The third kappa shape index (κ3) is 9.76. The Balaban J connectivity index is 0. The van der Waals surface area contributed by atoms with Gasteiger partial charge in [-0.2, -0.15) is 0 Å². The van der Waals surface area contributed by atoms with Crippen LogP contribution in [-0.2, 0) is 29.0 Å². The van der Waals surface area contributed by atoms with Crippen molar-refractivity contribution in [2.45, 2.75) is 6.92 Å². The molecule has 2 nitrogen and oxygen atoms in total. The molecule has 0 unspecified atom stereocenters. The van der Waals surface area contributed by atoms with Crippen LogP contribution in [0.5, 0.6) is 0 Å². The first kappa shape index (κ1) is 11.4. The van der Waals surface area contributed by atoms with Crippen molar-refractivity contribution in [2.24, 2.45) is 0 Å². The minimum absolute atomic E-state index is 0. The molecule has 0 aromatic rings. The van der Waals surface area contributed by atoms with E-state index in [1.54, 1.807) is 0 Å². The smallest absolute Gasteiger partial charge is 0.302 e. The van der Waals surface area contributed by atoms with Gasteiger partial charge in [0, 0.05) is 31.7 Å². The average Bonchev–Trinajstić information content (AvgIpc) is 1.61. The predicted octanol–water partition coefficient (Wildman–Crippen LogP) is 0.942. The monoisotopic (exact) mass is 230 g/mol. The molecule has 0 radical (unpaired) electrons. The van der Waals surface area contributed by atoms with Crippen LogP contribution in [0.15, 0.2) is 0 Å². The summed E-state index contributed by atoms with van der Waals surface area (Å²) in [6, 6.07) is 0. The summed E-state index contributed by atoms with van der Waals surface area (Å²) in [7, 11) is 0. The number of carbonyl (C=O) groups excluding carboxylic acids is 1. The maximum absolute atomic E-state index is 9.96. The molecule has 0 amide bonds. The second-order valence-electron chi connectivity index (χ2n) is 1.03. The standard InChI is InChI=1S/C4H7BrO2.Zn/c1-4(6)7-3-2-5;/h2-3H2,1H3;. The molecule has 4 heteroatoms. The SMILES string of the molecule is CC(=O)OCCBr.[Zn]. The Kier molecular flexibility index (Phi) is 10.8. The van der Waals surface area contributed by atoms with E-state index in [2.05, 4.69) is 20.7 Å². The molecule has 0 saturated carbocycles. The van der Waals surface area contributed by atoms with Crippen molar-refractivity contribution in [1.29, 1.82) is 0 Å². The minimum atomic E-state index is -0.223. The zero-order valence-electron chi connectivity index (χ0n) is 4.82. The van der Waals surface area contributed by atoms with Crippen molar-refractivity contribution in [1.82, 2.24) is 0 Å². The topological polar surface area (TPSA) is 26.3 Å². The quantitative estimate of drug-likeness (QED) is 0.402. The molecule has 0 rings (SSSR count). The van der Waals surface area contributed by atoms with Gasteiger partial charge in [0.2, 0.25) is 0 Å². The fourth-order valence-corrected chi connectivity index (χ4v) is 0.344. The van der Waals surface area contributed by atoms with Gasteiger partial charge in [0.05, 0.1) is 0 Å². The molecule has 0 aliphatic heterocycles. The van der Waals surface area contributed by atoms with Crippen molar-refractivity contribution < 1.29 is 29.0 Å². The van der Waals surface area contributed by atoms with Gasteiger partial charge in [0.25, 0.3) is 0 Å². The van der Waals surface area contributed by atoms with Gasteiger partial charge < -0.3 is 4.74 Å². The van der Waals surface area contributed by atoms with Crippen molar-refractivity contribution in [3.63, 3.8) is 0 Å². The van der Waals surface area contributed by atoms with E-state index in [-0.39, 0.29) is 25.4 Å². The van der Waals surface area contributed by atoms with Gasteiger partial charge in [0.15, 0.2) is 0 Å². The largest absolute Gasteiger partial charge is 0.465 e. The Hall–Kier alpha value is 0.573. The first-order valence-corrected chi connectivity index (χ1v) is 3.09. The van der Waals surface area contributed by atoms with Crippen LogP contribution in [0, 0.1) is 0 Å². The van der Waals surface area contributed by atoms with Crippen LogP contribution >= 0.6 is 15.9 Å². The number of esters is 1. The first-order chi connectivity index (χ1) is 3.27. The maximum Gasteiger partial charge on any atom is 0.302 e. The molecular formula is C4H7BrO2Zn. The van der Waals surface area contributed by atoms with E-state index in [1.807, 2.05) is 0 Å². The Morgan fingerprint density at radius 2 is 2.25 bits per heavy atom. The Bertz CT molecular complexity index is 67.1. The van der Waals surface area contributed by atoms with Gasteiger partial charge in [-0.15, -0.1) is 0 Å². The van der Waals surface area contributed by atoms with Gasteiger partial charge in [-0.25, -0.2) is 0 Å². The van der Waals surface area contributed by atoms with Gasteiger partial charge in [-0.1, -0.05) is 15.9 Å². The average molecular weight is 232 g/mol. The Labute approximate surface area is 69.9 Å². The number of hydrogen-bond acceptors (Lipinski definition) is 2. The first-order valence-electron chi connectivity index (χ1n) is 1.96. The number of halogens is 1. The van der Waals surface area contributed by atoms with Crippen LogP contribution in [0.3, 0.4) is 0 Å². The summed E-state index contributed by atoms with van der Waals surface area (Å²) in [5, 5.41) is 0.715. The molecular weight excluding hydrogens is 225 g/mol. The third-order valence-corrected chi connectivity index (χ3v) is 0.706. The normalized spacial score (nSPS) is 7.25. The van der Waals surface area contributed by atoms with Gasteiger partial charge in [-0.3, -0.25) is 4.79 Å². The van der Waals surface area contributed by atoms with Crippen LogP contribution in [0.25, 0.3) is 0 Å². The fourth-order valence-electron chi connectivity index (χ4n) is 0.182. The van der Waals surface area contributed by atoms with Crippen molar-refractivity contribution >= 4 is 21.9 Å². The summed E-state index contributed by atoms with van der Waals surface area (Å²) in [5.41, 5.74) is 0. The molecule has 0 fully saturated rings. The summed E-state index contributed by atoms with van der Waals surface area (Å²) in [5.74, 6) is -0.223. The molecule has 0 spiro atoms. The third-order valence-electron chi connectivity index (χ3n) is 0.382. The molecule has 0 saturated heterocycles. The van der Waals surface area contributed by atoms with E-state index >= 15 is 0 Å². The van der Waals surface area contributed by atoms with Crippen LogP contribution in [0.1, 0.15) is 6.92 Å². The number of hydrogen-bond donors (Lipinski definition) is 0. The number of carbonyl (C=O) groups is 1. The molecule has 8 heavy (non-hydrogen) atoms. The Morgan fingerprint density at radius 3 is 2.38 bits per heavy atom. The summed E-state index contributed by atoms with van der Waals surface area (Å²) < 4.78 is 4.51. The van der Waals surface area contributed by atoms with E-state index in [1.165, 1.54) is 6.92 Å². The number of rotatable bonds is 2. The van der Waals surface area contributed by atoms with E-state index in [9.17, 15) is 4.79 Å². The minimum Gasteiger partial charge on any atom is -0.465 e. The molecule has 44 valence electrons. The van der Waals surface area contributed by atoms with Crippen LogP contribution in [0.4, 0.5) is 0 Å². The van der Waals surface area contributed by atoms with E-state index < -0.39 is 0 Å².